The van der Waals surface area contributed by atoms with Crippen LogP contribution in [-0.2, 0) is 19.2 Å². The second-order valence-corrected chi connectivity index (χ2v) is 8.19. The van der Waals surface area contributed by atoms with Crippen LogP contribution in [-0.4, -0.2) is 72.0 Å². The monoisotopic (exact) mass is 472 g/mol. The van der Waals surface area contributed by atoms with Crippen molar-refractivity contribution in [2.75, 3.05) is 13.1 Å². The van der Waals surface area contributed by atoms with Crippen molar-refractivity contribution in [3.63, 3.8) is 0 Å². The van der Waals surface area contributed by atoms with Gasteiger partial charge < -0.3 is 44.0 Å². The molecule has 0 aliphatic carbocycles. The number of rotatable bonds is 16. The van der Waals surface area contributed by atoms with Crippen LogP contribution < -0.4 is 38.9 Å². The Morgan fingerprint density at radius 1 is 0.848 bits per heavy atom. The topological polar surface area (TPSA) is 241 Å². The van der Waals surface area contributed by atoms with Crippen LogP contribution in [0.5, 0.6) is 0 Å². The van der Waals surface area contributed by atoms with Crippen LogP contribution in [0.25, 0.3) is 0 Å². The molecule has 13 nitrogen and oxygen atoms in total. The number of carboxylic acids is 1. The van der Waals surface area contributed by atoms with Crippen molar-refractivity contribution in [3.05, 3.63) is 0 Å². The maximum atomic E-state index is 13.0. The van der Waals surface area contributed by atoms with Crippen molar-refractivity contribution >= 4 is 29.7 Å². The molecule has 0 aromatic carbocycles. The first-order chi connectivity index (χ1) is 15.4. The molecule has 0 saturated heterocycles. The molecule has 0 heterocycles. The van der Waals surface area contributed by atoms with E-state index in [9.17, 15) is 19.2 Å². The second kappa shape index (κ2) is 15.8. The Morgan fingerprint density at radius 2 is 1.36 bits per heavy atom. The van der Waals surface area contributed by atoms with Gasteiger partial charge in [0.2, 0.25) is 17.7 Å². The smallest absolute Gasteiger partial charge is 0.325 e. The summed E-state index contributed by atoms with van der Waals surface area (Å²) in [5, 5.41) is 16.6. The number of carbonyl (C=O) groups is 4. The van der Waals surface area contributed by atoms with E-state index in [0.717, 1.165) is 0 Å². The number of carboxylic acid groups (broad SMARTS) is 1. The lowest BCUT2D eigenvalue weighted by Crippen LogP contribution is -2.57. The van der Waals surface area contributed by atoms with Crippen molar-refractivity contribution in [2.45, 2.75) is 77.0 Å². The maximum absolute atomic E-state index is 13.0. The van der Waals surface area contributed by atoms with Crippen molar-refractivity contribution < 1.29 is 24.3 Å². The highest BCUT2D eigenvalue weighted by Crippen LogP contribution is 2.06. The Bertz CT molecular complexity index is 681. The Labute approximate surface area is 194 Å². The molecule has 0 fully saturated rings. The van der Waals surface area contributed by atoms with Gasteiger partial charge in [0.15, 0.2) is 5.96 Å². The Balaban J connectivity index is 5.44. The Kier molecular flexibility index (Phi) is 14.4. The van der Waals surface area contributed by atoms with Gasteiger partial charge in [-0.05, 0) is 51.5 Å². The average Bonchev–Trinajstić information content (AvgIpc) is 2.73. The molecule has 0 radical (unpaired) electrons. The first kappa shape index (κ1) is 30.1. The summed E-state index contributed by atoms with van der Waals surface area (Å²) in [6.45, 7) is 5.53. The molecular weight excluding hydrogens is 432 g/mol. The number of aliphatic imine (C=N–C) groups is 1. The number of hydrogen-bond acceptors (Lipinski definition) is 7. The average molecular weight is 473 g/mol. The molecule has 13 heteroatoms. The first-order valence-electron chi connectivity index (χ1n) is 11.1. The molecule has 0 aliphatic heterocycles. The van der Waals surface area contributed by atoms with Crippen molar-refractivity contribution in [1.82, 2.24) is 16.0 Å². The Morgan fingerprint density at radius 3 is 1.85 bits per heavy atom. The second-order valence-electron chi connectivity index (χ2n) is 8.19. The third-order valence-electron chi connectivity index (χ3n) is 4.91. The minimum Gasteiger partial charge on any atom is -0.480 e. The molecule has 33 heavy (non-hydrogen) atoms. The van der Waals surface area contributed by atoms with Crippen LogP contribution in [0.1, 0.15) is 52.9 Å². The largest absolute Gasteiger partial charge is 0.480 e. The number of nitrogens with zero attached hydrogens (tertiary/aromatic N) is 1. The summed E-state index contributed by atoms with van der Waals surface area (Å²) in [6.07, 6.45) is 2.01. The van der Waals surface area contributed by atoms with E-state index < -0.39 is 47.9 Å². The molecule has 0 aromatic heterocycles. The van der Waals surface area contributed by atoms with Gasteiger partial charge in [-0.3, -0.25) is 24.2 Å². The maximum Gasteiger partial charge on any atom is 0.325 e. The summed E-state index contributed by atoms with van der Waals surface area (Å²) >= 11 is 0. The predicted molar refractivity (Wildman–Crippen MR) is 125 cm³/mol. The fourth-order valence-corrected chi connectivity index (χ4v) is 2.75. The van der Waals surface area contributed by atoms with E-state index in [1.807, 2.05) is 0 Å². The summed E-state index contributed by atoms with van der Waals surface area (Å²) in [7, 11) is 0. The van der Waals surface area contributed by atoms with Gasteiger partial charge in [0.1, 0.15) is 18.1 Å². The van der Waals surface area contributed by atoms with Crippen molar-refractivity contribution in [3.8, 4) is 0 Å². The highest BCUT2D eigenvalue weighted by molar-refractivity contribution is 5.94. The molecule has 0 aliphatic rings. The minimum atomic E-state index is -1.22. The van der Waals surface area contributed by atoms with Gasteiger partial charge in [-0.25, -0.2) is 0 Å². The minimum absolute atomic E-state index is 0.108. The molecule has 3 amide bonds. The molecule has 0 rings (SSSR count). The number of nitrogens with two attached hydrogens (primary N) is 4. The van der Waals surface area contributed by atoms with E-state index in [4.69, 9.17) is 28.0 Å². The zero-order chi connectivity index (χ0) is 25.6. The number of hydrogen-bond donors (Lipinski definition) is 8. The number of aliphatic carboxylic acids is 1. The quantitative estimate of drug-likeness (QED) is 0.0683. The van der Waals surface area contributed by atoms with Gasteiger partial charge in [0.25, 0.3) is 0 Å². The normalized spacial score (nSPS) is 14.5. The number of carbonyl (C=O) groups excluding carboxylic acids is 3. The molecule has 4 atom stereocenters. The SMILES string of the molecule is CC(NC(=O)C(CCCN=C(N)N)NC(=O)C(CCCCN)NC(=O)C(N)C(C)C)C(=O)O. The standard InChI is InChI=1S/C20H40N8O5/c1-11(2)15(22)18(31)28-13(7-4-5-9-21)17(30)27-14(8-6-10-25-20(23)24)16(29)26-12(3)19(32)33/h11-15H,4-10,21-22H2,1-3H3,(H,26,29)(H,27,30)(H,28,31)(H,32,33)(H4,23,24,25). The number of guanidine groups is 1. The molecule has 0 bridgehead atoms. The van der Waals surface area contributed by atoms with Gasteiger partial charge in [-0.1, -0.05) is 13.8 Å². The number of amides is 3. The lowest BCUT2D eigenvalue weighted by molar-refractivity contribution is -0.141. The van der Waals surface area contributed by atoms with Crippen LogP contribution in [0.15, 0.2) is 4.99 Å². The van der Waals surface area contributed by atoms with Crippen molar-refractivity contribution in [2.24, 2.45) is 33.8 Å². The fraction of sp³-hybridized carbons (Fsp3) is 0.750. The summed E-state index contributed by atoms with van der Waals surface area (Å²) in [5.74, 6) is -3.20. The van der Waals surface area contributed by atoms with Gasteiger partial charge in [-0.2, -0.15) is 0 Å². The molecule has 190 valence electrons. The number of nitrogens with one attached hydrogen (secondary N) is 3. The van der Waals surface area contributed by atoms with Gasteiger partial charge in [-0.15, -0.1) is 0 Å². The fourth-order valence-electron chi connectivity index (χ4n) is 2.75. The number of unbranched alkanes of at least 4 members (excludes halogenated alkanes) is 1. The lowest BCUT2D eigenvalue weighted by atomic mass is 10.0. The van der Waals surface area contributed by atoms with Crippen LogP contribution in [0.4, 0.5) is 0 Å². The first-order valence-corrected chi connectivity index (χ1v) is 11.1. The van der Waals surface area contributed by atoms with E-state index >= 15 is 0 Å². The van der Waals surface area contributed by atoms with Crippen molar-refractivity contribution in [1.29, 1.82) is 0 Å². The lowest BCUT2D eigenvalue weighted by Gasteiger charge is -2.25. The summed E-state index contributed by atoms with van der Waals surface area (Å²) in [4.78, 5) is 53.0. The highest BCUT2D eigenvalue weighted by atomic mass is 16.4. The molecule has 0 saturated carbocycles. The van der Waals surface area contributed by atoms with Gasteiger partial charge >= 0.3 is 5.97 Å². The molecule has 12 N–H and O–H groups in total. The summed E-state index contributed by atoms with van der Waals surface area (Å²) in [6, 6.07) is -3.94. The van der Waals surface area contributed by atoms with Crippen LogP contribution >= 0.6 is 0 Å². The van der Waals surface area contributed by atoms with E-state index in [2.05, 4.69) is 20.9 Å². The third-order valence-corrected chi connectivity index (χ3v) is 4.91. The molecule has 4 unspecified atom stereocenters. The van der Waals surface area contributed by atoms with Gasteiger partial charge in [0, 0.05) is 6.54 Å². The van der Waals surface area contributed by atoms with E-state index in [0.29, 0.717) is 32.2 Å². The van der Waals surface area contributed by atoms with Crippen LogP contribution in [0, 0.1) is 5.92 Å². The zero-order valence-electron chi connectivity index (χ0n) is 19.7. The van der Waals surface area contributed by atoms with E-state index in [-0.39, 0.29) is 24.8 Å². The molecular formula is C20H40N8O5. The third kappa shape index (κ3) is 12.6. The molecule has 0 spiro atoms. The zero-order valence-corrected chi connectivity index (χ0v) is 19.7. The van der Waals surface area contributed by atoms with Crippen LogP contribution in [0.3, 0.4) is 0 Å². The van der Waals surface area contributed by atoms with E-state index in [1.54, 1.807) is 13.8 Å². The Hall–Kier alpha value is -2.93. The van der Waals surface area contributed by atoms with Crippen LogP contribution in [0.2, 0.25) is 0 Å². The van der Waals surface area contributed by atoms with Gasteiger partial charge in [0.05, 0.1) is 6.04 Å². The predicted octanol–water partition coefficient (Wildman–Crippen LogP) is -2.29. The molecule has 0 aromatic rings. The summed E-state index contributed by atoms with van der Waals surface area (Å²) < 4.78 is 0. The summed E-state index contributed by atoms with van der Waals surface area (Å²) in [5.41, 5.74) is 22.0. The highest BCUT2D eigenvalue weighted by Gasteiger charge is 2.29. The van der Waals surface area contributed by atoms with E-state index in [1.165, 1.54) is 6.92 Å².